The topological polar surface area (TPSA) is 36.9 Å². The van der Waals surface area contributed by atoms with Gasteiger partial charge in [-0.15, -0.1) is 7.05 Å². The molecule has 0 aliphatic carbocycles. The van der Waals surface area contributed by atoms with Crippen molar-refractivity contribution in [2.24, 2.45) is 0 Å². The minimum atomic E-state index is -0.0231. The van der Waals surface area contributed by atoms with Crippen LogP contribution in [0.2, 0.25) is 0 Å². The summed E-state index contributed by atoms with van der Waals surface area (Å²) in [7, 11) is 5.13. The van der Waals surface area contributed by atoms with Gasteiger partial charge in [-0.05, 0) is 13.8 Å². The Morgan fingerprint density at radius 2 is 2.11 bits per heavy atom. The summed E-state index contributed by atoms with van der Waals surface area (Å²) >= 11 is 0. The molecule has 0 spiro atoms. The zero-order chi connectivity index (χ0) is 7.44. The highest BCUT2D eigenvalue weighted by molar-refractivity contribution is 5.63. The van der Waals surface area contributed by atoms with E-state index >= 15 is 0 Å². The molecule has 0 saturated heterocycles. The lowest BCUT2D eigenvalue weighted by molar-refractivity contribution is -0.498. The molecule has 0 saturated carbocycles. The largest absolute Gasteiger partial charge is 0.395 e. The predicted octanol–water partition coefficient (Wildman–Crippen LogP) is -0.198. The van der Waals surface area contributed by atoms with Gasteiger partial charge < -0.3 is 5.32 Å². The second-order valence-electron chi connectivity index (χ2n) is 2.25. The summed E-state index contributed by atoms with van der Waals surface area (Å²) in [6, 6.07) is 0.237. The molecule has 3 heteroatoms. The first-order valence-electron chi connectivity index (χ1n) is 2.98. The van der Waals surface area contributed by atoms with Crippen molar-refractivity contribution in [1.29, 1.82) is 0 Å². The van der Waals surface area contributed by atoms with E-state index in [1.807, 2.05) is 13.8 Å². The average molecular weight is 130 g/mol. The lowest BCUT2D eigenvalue weighted by Crippen LogP contribution is -2.84. The minimum Gasteiger partial charge on any atom is -0.395 e. The van der Waals surface area contributed by atoms with Gasteiger partial charge in [-0.25, -0.2) is 4.79 Å². The number of carbonyl (C=O) groups is 1. The zero-order valence-electron chi connectivity index (χ0n) is 6.22. The maximum atomic E-state index is 10.8. The van der Waals surface area contributed by atoms with Crippen LogP contribution in [0.1, 0.15) is 13.8 Å². The summed E-state index contributed by atoms with van der Waals surface area (Å²) in [5.74, 6) is 0. The van der Waals surface area contributed by atoms with E-state index in [2.05, 4.69) is 7.05 Å². The lowest BCUT2D eigenvalue weighted by atomic mass is 10.4. The molecule has 0 bridgehead atoms. The first-order valence-corrected chi connectivity index (χ1v) is 2.98. The maximum Gasteiger partial charge on any atom is 0.389 e. The van der Waals surface area contributed by atoms with E-state index in [1.54, 1.807) is 11.9 Å². The van der Waals surface area contributed by atoms with Gasteiger partial charge in [0, 0.05) is 13.1 Å². The molecule has 0 rings (SSSR count). The highest BCUT2D eigenvalue weighted by atomic mass is 16.2. The van der Waals surface area contributed by atoms with Crippen LogP contribution in [-0.2, 0) is 0 Å². The summed E-state index contributed by atoms with van der Waals surface area (Å²) < 4.78 is 0. The summed E-state index contributed by atoms with van der Waals surface area (Å²) in [5.41, 5.74) is 0. The van der Waals surface area contributed by atoms with E-state index in [1.165, 1.54) is 5.32 Å². The number of quaternary nitrogens is 1. The molecule has 2 N–H and O–H groups in total. The molecule has 0 fully saturated rings. The van der Waals surface area contributed by atoms with Crippen molar-refractivity contribution in [3.8, 4) is 0 Å². The Bertz CT molecular complexity index is 101. The van der Waals surface area contributed by atoms with Crippen LogP contribution >= 0.6 is 0 Å². The van der Waals surface area contributed by atoms with Crippen LogP contribution < -0.4 is 5.32 Å². The van der Waals surface area contributed by atoms with E-state index in [9.17, 15) is 4.79 Å². The molecule has 54 valence electrons. The molecule has 0 heterocycles. The highest BCUT2D eigenvalue weighted by Crippen LogP contribution is 1.89. The highest BCUT2D eigenvalue weighted by Gasteiger charge is 2.09. The number of nitrogens with zero attached hydrogens (tertiary/aromatic N) is 1. The first-order chi connectivity index (χ1) is 4.09. The first kappa shape index (κ1) is 8.43. The Morgan fingerprint density at radius 1 is 1.67 bits per heavy atom. The third-order valence-electron chi connectivity index (χ3n) is 1.30. The zero-order valence-corrected chi connectivity index (χ0v) is 6.22. The molecule has 9 heavy (non-hydrogen) atoms. The van der Waals surface area contributed by atoms with Crippen molar-refractivity contribution in [3.63, 3.8) is 0 Å². The quantitative estimate of drug-likeness (QED) is 0.490. The maximum absolute atomic E-state index is 10.8. The Hall–Kier alpha value is -0.570. The van der Waals surface area contributed by atoms with Crippen molar-refractivity contribution in [2.45, 2.75) is 19.9 Å². The molecule has 0 radical (unpaired) electrons. The van der Waals surface area contributed by atoms with Crippen molar-refractivity contribution in [2.75, 3.05) is 7.05 Å². The van der Waals surface area contributed by atoms with Gasteiger partial charge in [0.25, 0.3) is 0 Å². The van der Waals surface area contributed by atoms with Crippen LogP contribution in [0.3, 0.4) is 0 Å². The fourth-order valence-electron chi connectivity index (χ4n) is 0.398. The van der Waals surface area contributed by atoms with Crippen LogP contribution in [0.4, 0.5) is 4.79 Å². The van der Waals surface area contributed by atoms with Crippen LogP contribution in [0.25, 0.3) is 0 Å². The van der Waals surface area contributed by atoms with Crippen LogP contribution in [-0.4, -0.2) is 24.0 Å². The second-order valence-corrected chi connectivity index (χ2v) is 2.25. The Labute approximate surface area is 56.0 Å². The monoisotopic (exact) mass is 130 g/mol. The van der Waals surface area contributed by atoms with Crippen LogP contribution in [0.15, 0.2) is 0 Å². The SMILES string of the molecule is [CH2-][NH2+]C(=O)N(C)C(C)C. The van der Waals surface area contributed by atoms with E-state index in [-0.39, 0.29) is 12.1 Å². The molecule has 0 atom stereocenters. The average Bonchev–Trinajstić information content (AvgIpc) is 1.84. The van der Waals surface area contributed by atoms with Crippen molar-refractivity contribution in [1.82, 2.24) is 4.90 Å². The van der Waals surface area contributed by atoms with Gasteiger partial charge in [0.2, 0.25) is 0 Å². The minimum absolute atomic E-state index is 0.0231. The van der Waals surface area contributed by atoms with Crippen LogP contribution in [0.5, 0.6) is 0 Å². The molecule has 0 aromatic rings. The van der Waals surface area contributed by atoms with Crippen LogP contribution in [0, 0.1) is 7.05 Å². The van der Waals surface area contributed by atoms with Gasteiger partial charge in [-0.1, -0.05) is 0 Å². The molecule has 0 unspecified atom stereocenters. The molecule has 0 aliphatic rings. The van der Waals surface area contributed by atoms with Gasteiger partial charge in [0.05, 0.1) is 0 Å². The fraction of sp³-hybridized carbons (Fsp3) is 0.667. The van der Waals surface area contributed by atoms with Crippen molar-refractivity contribution >= 4 is 6.03 Å². The van der Waals surface area contributed by atoms with Crippen molar-refractivity contribution < 1.29 is 10.1 Å². The number of hydrogen-bond donors (Lipinski definition) is 1. The molecule has 0 aromatic heterocycles. The van der Waals surface area contributed by atoms with Gasteiger partial charge in [0.15, 0.2) is 0 Å². The number of hydrogen-bond acceptors (Lipinski definition) is 1. The van der Waals surface area contributed by atoms with Crippen molar-refractivity contribution in [3.05, 3.63) is 7.05 Å². The van der Waals surface area contributed by atoms with E-state index in [0.717, 1.165) is 0 Å². The smallest absolute Gasteiger partial charge is 0.389 e. The summed E-state index contributed by atoms with van der Waals surface area (Å²) in [4.78, 5) is 12.4. The number of nitrogens with two attached hydrogens (primary N) is 1. The Balaban J connectivity index is 3.72. The number of rotatable bonds is 1. The lowest BCUT2D eigenvalue weighted by Gasteiger charge is -2.18. The van der Waals surface area contributed by atoms with E-state index in [0.29, 0.717) is 0 Å². The molecular formula is C6H14N2O. The molecular weight excluding hydrogens is 116 g/mol. The Kier molecular flexibility index (Phi) is 3.24. The van der Waals surface area contributed by atoms with E-state index < -0.39 is 0 Å². The molecule has 2 amide bonds. The summed E-state index contributed by atoms with van der Waals surface area (Å²) in [6.45, 7) is 3.92. The van der Waals surface area contributed by atoms with Gasteiger partial charge in [-0.2, -0.15) is 0 Å². The summed E-state index contributed by atoms with van der Waals surface area (Å²) in [6.07, 6.45) is 0. The van der Waals surface area contributed by atoms with Gasteiger partial charge in [0.1, 0.15) is 0 Å². The number of urea groups is 1. The third-order valence-corrected chi connectivity index (χ3v) is 1.30. The summed E-state index contributed by atoms with van der Waals surface area (Å²) in [5, 5.41) is 1.32. The predicted molar refractivity (Wildman–Crippen MR) is 35.6 cm³/mol. The van der Waals surface area contributed by atoms with E-state index in [4.69, 9.17) is 0 Å². The third kappa shape index (κ3) is 2.46. The fourth-order valence-corrected chi connectivity index (χ4v) is 0.398. The second kappa shape index (κ2) is 3.45. The number of primary amides is 1. The normalized spacial score (nSPS) is 9.89. The molecule has 0 aromatic carbocycles. The number of carbonyl (C=O) groups excluding carboxylic acids is 1. The number of amides is 2. The Morgan fingerprint density at radius 3 is 2.22 bits per heavy atom. The van der Waals surface area contributed by atoms with Gasteiger partial charge in [-0.3, -0.25) is 4.90 Å². The van der Waals surface area contributed by atoms with Gasteiger partial charge >= 0.3 is 6.03 Å². The standard InChI is InChI=1S/C6H14N2O/c1-5(2)8(4)6(9)7-3/h5H,3,7H2,1-2,4H3. The molecule has 3 nitrogen and oxygen atoms in total. The molecule has 0 aliphatic heterocycles.